The summed E-state index contributed by atoms with van der Waals surface area (Å²) >= 11 is 1.75. The molecule has 1 aromatic carbocycles. The highest BCUT2D eigenvalue weighted by Gasteiger charge is 2.20. The Morgan fingerprint density at radius 2 is 2.13 bits per heavy atom. The van der Waals surface area contributed by atoms with Gasteiger partial charge in [0.05, 0.1) is 0 Å². The number of halogens is 1. The molecule has 1 heterocycles. The van der Waals surface area contributed by atoms with Gasteiger partial charge in [0, 0.05) is 31.1 Å². The zero-order valence-corrected chi connectivity index (χ0v) is 14.8. The van der Waals surface area contributed by atoms with E-state index in [-0.39, 0.29) is 5.82 Å². The fourth-order valence-electron chi connectivity index (χ4n) is 2.67. The van der Waals surface area contributed by atoms with E-state index in [0.29, 0.717) is 6.04 Å². The highest BCUT2D eigenvalue weighted by Crippen LogP contribution is 2.18. The highest BCUT2D eigenvalue weighted by atomic mass is 32.2. The van der Waals surface area contributed by atoms with Crippen LogP contribution in [0.25, 0.3) is 0 Å². The van der Waals surface area contributed by atoms with Crippen molar-refractivity contribution < 1.29 is 4.39 Å². The van der Waals surface area contributed by atoms with Gasteiger partial charge in [0.1, 0.15) is 5.82 Å². The van der Waals surface area contributed by atoms with Crippen LogP contribution in [0.5, 0.6) is 0 Å². The molecule has 2 rings (SSSR count). The second-order valence-corrected chi connectivity index (χ2v) is 6.98. The molecule has 0 saturated carbocycles. The molecule has 0 spiro atoms. The van der Waals surface area contributed by atoms with Crippen LogP contribution in [-0.2, 0) is 0 Å². The molecular formula is C17H27FN4S. The highest BCUT2D eigenvalue weighted by molar-refractivity contribution is 7.99. The molecule has 0 bridgehead atoms. The quantitative estimate of drug-likeness (QED) is 0.347. The summed E-state index contributed by atoms with van der Waals surface area (Å²) in [6, 6.07) is 7.28. The molecule has 6 heteroatoms. The van der Waals surface area contributed by atoms with Crippen molar-refractivity contribution in [3.05, 3.63) is 30.1 Å². The van der Waals surface area contributed by atoms with Gasteiger partial charge in [-0.25, -0.2) is 4.39 Å². The van der Waals surface area contributed by atoms with Crippen LogP contribution in [0.3, 0.4) is 0 Å². The van der Waals surface area contributed by atoms with Gasteiger partial charge in [-0.05, 0) is 62.9 Å². The topological polar surface area (TPSA) is 39.7 Å². The number of nitrogens with zero attached hydrogens (tertiary/aromatic N) is 2. The molecule has 0 amide bonds. The summed E-state index contributed by atoms with van der Waals surface area (Å²) < 4.78 is 12.8. The number of nitrogens with one attached hydrogen (secondary N) is 2. The number of hydrogen-bond acceptors (Lipinski definition) is 3. The van der Waals surface area contributed by atoms with Crippen molar-refractivity contribution >= 4 is 17.7 Å². The van der Waals surface area contributed by atoms with Crippen molar-refractivity contribution in [3.8, 4) is 0 Å². The summed E-state index contributed by atoms with van der Waals surface area (Å²) in [5.74, 6) is 1.69. The first-order valence-corrected chi connectivity index (χ1v) is 9.20. The van der Waals surface area contributed by atoms with Crippen LogP contribution in [0.2, 0.25) is 0 Å². The minimum Gasteiger partial charge on any atom is -0.356 e. The molecule has 1 fully saturated rings. The molecule has 1 saturated heterocycles. The Balaban J connectivity index is 1.57. The molecule has 0 radical (unpaired) electrons. The SMILES string of the molecule is CN=C(NCCCSc1ccc(F)cc1)NCC1CCCN1C. The summed E-state index contributed by atoms with van der Waals surface area (Å²) in [6.45, 7) is 3.02. The van der Waals surface area contributed by atoms with Gasteiger partial charge in [-0.2, -0.15) is 0 Å². The maximum atomic E-state index is 12.8. The number of likely N-dealkylation sites (N-methyl/N-ethyl adjacent to an activating group) is 1. The molecule has 128 valence electrons. The Morgan fingerprint density at radius 3 is 2.78 bits per heavy atom. The molecule has 0 aromatic heterocycles. The van der Waals surface area contributed by atoms with Crippen LogP contribution in [0.15, 0.2) is 34.2 Å². The zero-order chi connectivity index (χ0) is 16.5. The van der Waals surface area contributed by atoms with Gasteiger partial charge in [-0.1, -0.05) is 0 Å². The van der Waals surface area contributed by atoms with Gasteiger partial charge in [0.25, 0.3) is 0 Å². The minimum absolute atomic E-state index is 0.182. The van der Waals surface area contributed by atoms with Gasteiger partial charge < -0.3 is 15.5 Å². The molecule has 23 heavy (non-hydrogen) atoms. The number of thioether (sulfide) groups is 1. The summed E-state index contributed by atoms with van der Waals surface area (Å²) in [7, 11) is 3.99. The summed E-state index contributed by atoms with van der Waals surface area (Å²) in [5, 5.41) is 6.76. The second-order valence-electron chi connectivity index (χ2n) is 5.81. The first-order chi connectivity index (χ1) is 11.2. The lowest BCUT2D eigenvalue weighted by atomic mass is 10.2. The first-order valence-electron chi connectivity index (χ1n) is 8.22. The Hall–Kier alpha value is -1.27. The van der Waals surface area contributed by atoms with Crippen LogP contribution in [0, 0.1) is 5.82 Å². The van der Waals surface area contributed by atoms with E-state index in [4.69, 9.17) is 0 Å². The first kappa shape index (κ1) is 18.1. The summed E-state index contributed by atoms with van der Waals surface area (Å²) in [6.07, 6.45) is 3.58. The number of benzene rings is 1. The molecule has 4 nitrogen and oxygen atoms in total. The smallest absolute Gasteiger partial charge is 0.191 e. The number of likely N-dealkylation sites (tertiary alicyclic amines) is 1. The van der Waals surface area contributed by atoms with E-state index in [2.05, 4.69) is 27.6 Å². The fourth-order valence-corrected chi connectivity index (χ4v) is 3.52. The van der Waals surface area contributed by atoms with Crippen LogP contribution in [0.4, 0.5) is 4.39 Å². The maximum absolute atomic E-state index is 12.8. The summed E-state index contributed by atoms with van der Waals surface area (Å²) in [4.78, 5) is 7.78. The van der Waals surface area contributed by atoms with E-state index < -0.39 is 0 Å². The lowest BCUT2D eigenvalue weighted by Crippen LogP contribution is -2.44. The van der Waals surface area contributed by atoms with Crippen molar-refractivity contribution in [2.75, 3.05) is 39.5 Å². The third kappa shape index (κ3) is 6.39. The molecule has 2 N–H and O–H groups in total. The average molecular weight is 338 g/mol. The standard InChI is InChI=1S/C17H27FN4S/c1-19-17(21-13-15-5-3-11-22(15)2)20-10-4-12-23-16-8-6-14(18)7-9-16/h6-9,15H,3-5,10-13H2,1-2H3,(H2,19,20,21). The second kappa shape index (κ2) is 9.78. The van der Waals surface area contributed by atoms with E-state index in [0.717, 1.165) is 36.1 Å². The van der Waals surface area contributed by atoms with Gasteiger partial charge in [-0.3, -0.25) is 4.99 Å². The molecule has 1 aromatic rings. The van der Waals surface area contributed by atoms with Gasteiger partial charge >= 0.3 is 0 Å². The number of guanidine groups is 1. The van der Waals surface area contributed by atoms with Crippen molar-refractivity contribution in [1.82, 2.24) is 15.5 Å². The van der Waals surface area contributed by atoms with E-state index >= 15 is 0 Å². The van der Waals surface area contributed by atoms with Crippen molar-refractivity contribution in [3.63, 3.8) is 0 Å². The lowest BCUT2D eigenvalue weighted by Gasteiger charge is -2.21. The Labute approximate surface area is 142 Å². The van der Waals surface area contributed by atoms with Gasteiger partial charge in [0.15, 0.2) is 5.96 Å². The van der Waals surface area contributed by atoms with Crippen LogP contribution in [-0.4, -0.2) is 56.4 Å². The van der Waals surface area contributed by atoms with Gasteiger partial charge in [-0.15, -0.1) is 11.8 Å². The third-order valence-electron chi connectivity index (χ3n) is 4.10. The average Bonchev–Trinajstić information content (AvgIpc) is 2.97. The number of aliphatic imine (C=N–C) groups is 1. The molecule has 1 atom stereocenters. The van der Waals surface area contributed by atoms with Crippen molar-refractivity contribution in [2.45, 2.75) is 30.2 Å². The molecular weight excluding hydrogens is 311 g/mol. The lowest BCUT2D eigenvalue weighted by molar-refractivity contribution is 0.309. The molecule has 1 aliphatic rings. The molecule has 1 aliphatic heterocycles. The van der Waals surface area contributed by atoms with E-state index in [1.807, 2.05) is 12.1 Å². The zero-order valence-electron chi connectivity index (χ0n) is 14.0. The maximum Gasteiger partial charge on any atom is 0.191 e. The van der Waals surface area contributed by atoms with Crippen molar-refractivity contribution in [1.29, 1.82) is 0 Å². The van der Waals surface area contributed by atoms with E-state index in [9.17, 15) is 4.39 Å². The Bertz CT molecular complexity index is 492. The minimum atomic E-state index is -0.182. The molecule has 1 unspecified atom stereocenters. The predicted molar refractivity (Wildman–Crippen MR) is 96.8 cm³/mol. The summed E-state index contributed by atoms with van der Waals surface area (Å²) in [5.41, 5.74) is 0. The Morgan fingerprint density at radius 1 is 1.35 bits per heavy atom. The van der Waals surface area contributed by atoms with Crippen molar-refractivity contribution in [2.24, 2.45) is 4.99 Å². The molecule has 0 aliphatic carbocycles. The van der Waals surface area contributed by atoms with Gasteiger partial charge in [0.2, 0.25) is 0 Å². The predicted octanol–water partition coefficient (Wildman–Crippen LogP) is 2.57. The van der Waals surface area contributed by atoms with E-state index in [1.54, 1.807) is 18.8 Å². The number of rotatable bonds is 7. The fraction of sp³-hybridized carbons (Fsp3) is 0.588. The van der Waals surface area contributed by atoms with Crippen LogP contribution in [0.1, 0.15) is 19.3 Å². The normalized spacial score (nSPS) is 19.1. The largest absolute Gasteiger partial charge is 0.356 e. The Kier molecular flexibility index (Phi) is 7.68. The van der Waals surface area contributed by atoms with E-state index in [1.165, 1.54) is 31.5 Å². The van der Waals surface area contributed by atoms with Crippen LogP contribution < -0.4 is 10.6 Å². The number of hydrogen-bond donors (Lipinski definition) is 2. The monoisotopic (exact) mass is 338 g/mol. The third-order valence-corrected chi connectivity index (χ3v) is 5.19. The van der Waals surface area contributed by atoms with Crippen LogP contribution >= 0.6 is 11.8 Å².